The molecule has 1 aliphatic rings. The fourth-order valence-electron chi connectivity index (χ4n) is 0.852. The number of nitrogens with one attached hydrogen (secondary N) is 1. The highest BCUT2D eigenvalue weighted by molar-refractivity contribution is 6.17. The first-order chi connectivity index (χ1) is 5.63. The van der Waals surface area contributed by atoms with E-state index in [0.29, 0.717) is 0 Å². The van der Waals surface area contributed by atoms with Crippen molar-refractivity contribution < 1.29 is 19.5 Å². The van der Waals surface area contributed by atoms with Crippen LogP contribution in [0.3, 0.4) is 0 Å². The summed E-state index contributed by atoms with van der Waals surface area (Å²) >= 11 is 0. The molecule has 0 unspecified atom stereocenters. The van der Waals surface area contributed by atoms with Crippen LogP contribution in [0.25, 0.3) is 0 Å². The van der Waals surface area contributed by atoms with E-state index in [9.17, 15) is 14.4 Å². The van der Waals surface area contributed by atoms with Crippen LogP contribution < -0.4 is 5.32 Å². The number of aliphatic hydroxyl groups is 1. The van der Waals surface area contributed by atoms with E-state index >= 15 is 0 Å². The fraction of sp³-hybridized carbons (Fsp3) is 0.286. The summed E-state index contributed by atoms with van der Waals surface area (Å²) in [7, 11) is 0. The van der Waals surface area contributed by atoms with Gasteiger partial charge >= 0.3 is 0 Å². The maximum atomic E-state index is 10.8. The first-order valence-corrected chi connectivity index (χ1v) is 3.32. The van der Waals surface area contributed by atoms with Gasteiger partial charge in [0.15, 0.2) is 5.78 Å². The van der Waals surface area contributed by atoms with Crippen LogP contribution in [0, 0.1) is 0 Å². The summed E-state index contributed by atoms with van der Waals surface area (Å²) in [4.78, 5) is 32.0. The first-order valence-electron chi connectivity index (χ1n) is 3.32. The minimum Gasteiger partial charge on any atom is -0.389 e. The number of aliphatic hydroxyl groups excluding tert-OH is 1. The maximum absolute atomic E-state index is 10.8. The van der Waals surface area contributed by atoms with Crippen LogP contribution in [0.1, 0.15) is 6.42 Å². The van der Waals surface area contributed by atoms with Gasteiger partial charge in [0.05, 0.1) is 0 Å². The molecule has 0 aliphatic carbocycles. The summed E-state index contributed by atoms with van der Waals surface area (Å²) in [6, 6.07) is 0. The highest BCUT2D eigenvalue weighted by atomic mass is 16.3. The van der Waals surface area contributed by atoms with Gasteiger partial charge in [-0.25, -0.2) is 0 Å². The molecular weight excluding hydrogens is 162 g/mol. The second kappa shape index (κ2) is 3.27. The lowest BCUT2D eigenvalue weighted by Crippen LogP contribution is -2.23. The predicted octanol–water partition coefficient (Wildman–Crippen LogP) is -1.48. The van der Waals surface area contributed by atoms with Gasteiger partial charge in [-0.3, -0.25) is 19.7 Å². The molecule has 1 aliphatic heterocycles. The number of carbonyl (C=O) groups excluding carboxylic acids is 3. The van der Waals surface area contributed by atoms with Crippen LogP contribution in [0.4, 0.5) is 0 Å². The minimum atomic E-state index is -0.612. The molecular formula is C7H7NO4. The smallest absolute Gasteiger partial charge is 0.254 e. The number of carbonyl (C=O) groups is 3. The van der Waals surface area contributed by atoms with Crippen LogP contribution >= 0.6 is 0 Å². The van der Waals surface area contributed by atoms with E-state index in [1.807, 2.05) is 5.32 Å². The zero-order chi connectivity index (χ0) is 9.14. The van der Waals surface area contributed by atoms with Crippen LogP contribution in [-0.2, 0) is 14.4 Å². The second-order valence-corrected chi connectivity index (χ2v) is 2.36. The van der Waals surface area contributed by atoms with Crippen molar-refractivity contribution in [1.29, 1.82) is 0 Å². The largest absolute Gasteiger partial charge is 0.389 e. The topological polar surface area (TPSA) is 83.5 Å². The fourth-order valence-corrected chi connectivity index (χ4v) is 0.852. The average molecular weight is 169 g/mol. The van der Waals surface area contributed by atoms with Gasteiger partial charge in [-0.1, -0.05) is 0 Å². The normalized spacial score (nSPS) is 15.9. The molecule has 0 saturated carbocycles. The first kappa shape index (κ1) is 8.61. The zero-order valence-electron chi connectivity index (χ0n) is 6.16. The maximum Gasteiger partial charge on any atom is 0.254 e. The van der Waals surface area contributed by atoms with E-state index in [-0.39, 0.29) is 12.0 Å². The number of amides is 2. The van der Waals surface area contributed by atoms with E-state index in [2.05, 4.69) is 0 Å². The third-order valence-electron chi connectivity index (χ3n) is 1.40. The van der Waals surface area contributed by atoms with Gasteiger partial charge < -0.3 is 5.11 Å². The van der Waals surface area contributed by atoms with Crippen molar-refractivity contribution in [3.63, 3.8) is 0 Å². The quantitative estimate of drug-likeness (QED) is 0.505. The highest BCUT2D eigenvalue weighted by Crippen LogP contribution is 2.07. The summed E-state index contributed by atoms with van der Waals surface area (Å²) in [5.41, 5.74) is 0.110. The molecule has 5 heteroatoms. The molecule has 0 saturated heterocycles. The van der Waals surface area contributed by atoms with Gasteiger partial charge in [0.1, 0.15) is 6.61 Å². The van der Waals surface area contributed by atoms with Crippen molar-refractivity contribution >= 4 is 17.6 Å². The van der Waals surface area contributed by atoms with Gasteiger partial charge in [-0.15, -0.1) is 0 Å². The van der Waals surface area contributed by atoms with Gasteiger partial charge in [-0.2, -0.15) is 0 Å². The number of ketones is 1. The molecule has 0 aromatic rings. The number of imide groups is 1. The molecule has 2 amide bonds. The summed E-state index contributed by atoms with van der Waals surface area (Å²) in [6.45, 7) is -0.612. The van der Waals surface area contributed by atoms with Crippen molar-refractivity contribution in [2.45, 2.75) is 6.42 Å². The summed E-state index contributed by atoms with van der Waals surface area (Å²) in [6.07, 6.45) is 0.879. The molecule has 0 atom stereocenters. The Morgan fingerprint density at radius 2 is 2.17 bits per heavy atom. The number of rotatable bonds is 3. The zero-order valence-corrected chi connectivity index (χ0v) is 6.16. The Morgan fingerprint density at radius 1 is 1.50 bits per heavy atom. The van der Waals surface area contributed by atoms with Crippen LogP contribution in [-0.4, -0.2) is 29.3 Å². The molecule has 0 bridgehead atoms. The molecule has 1 heterocycles. The molecule has 0 radical (unpaired) electrons. The van der Waals surface area contributed by atoms with E-state index < -0.39 is 24.2 Å². The molecule has 64 valence electrons. The summed E-state index contributed by atoms with van der Waals surface area (Å²) in [5.74, 6) is -1.55. The molecule has 12 heavy (non-hydrogen) atoms. The Hall–Kier alpha value is -1.49. The average Bonchev–Trinajstić information content (AvgIpc) is 2.30. The summed E-state index contributed by atoms with van der Waals surface area (Å²) < 4.78 is 0. The van der Waals surface area contributed by atoms with Gasteiger partial charge in [-0.05, 0) is 0 Å². The summed E-state index contributed by atoms with van der Waals surface area (Å²) in [5, 5.41) is 10.3. The molecule has 0 aromatic heterocycles. The van der Waals surface area contributed by atoms with Crippen molar-refractivity contribution in [2.24, 2.45) is 0 Å². The lowest BCUT2D eigenvalue weighted by Gasteiger charge is -1.95. The molecule has 5 nitrogen and oxygen atoms in total. The number of hydrogen-bond acceptors (Lipinski definition) is 4. The van der Waals surface area contributed by atoms with E-state index in [4.69, 9.17) is 5.11 Å². The Kier molecular flexibility index (Phi) is 2.35. The molecule has 0 spiro atoms. The van der Waals surface area contributed by atoms with E-state index in [1.54, 1.807) is 0 Å². The van der Waals surface area contributed by atoms with Crippen molar-refractivity contribution in [2.75, 3.05) is 6.61 Å². The Balaban J connectivity index is 2.64. The van der Waals surface area contributed by atoms with Crippen molar-refractivity contribution in [3.8, 4) is 0 Å². The number of hydrogen-bond donors (Lipinski definition) is 2. The molecule has 0 fully saturated rings. The lowest BCUT2D eigenvalue weighted by atomic mass is 10.1. The molecule has 1 rings (SSSR count). The van der Waals surface area contributed by atoms with E-state index in [0.717, 1.165) is 6.08 Å². The Labute approximate surface area is 68.1 Å². The Bertz CT molecular complexity index is 279. The van der Waals surface area contributed by atoms with Crippen molar-refractivity contribution in [3.05, 3.63) is 11.6 Å². The van der Waals surface area contributed by atoms with Crippen molar-refractivity contribution in [1.82, 2.24) is 5.32 Å². The van der Waals surface area contributed by atoms with Crippen LogP contribution in [0.2, 0.25) is 0 Å². The standard InChI is InChI=1S/C7H7NO4/c9-3-5(10)1-4-2-6(11)8-7(4)12/h2,9H,1,3H2,(H,8,11,12). The third-order valence-corrected chi connectivity index (χ3v) is 1.40. The molecule has 2 N–H and O–H groups in total. The molecule has 0 aromatic carbocycles. The highest BCUT2D eigenvalue weighted by Gasteiger charge is 2.22. The predicted molar refractivity (Wildman–Crippen MR) is 37.9 cm³/mol. The van der Waals surface area contributed by atoms with Gasteiger partial charge in [0.25, 0.3) is 11.8 Å². The second-order valence-electron chi connectivity index (χ2n) is 2.36. The lowest BCUT2D eigenvalue weighted by molar-refractivity contribution is -0.125. The SMILES string of the molecule is O=C(CO)CC1=CC(=O)NC1=O. The third kappa shape index (κ3) is 1.76. The Morgan fingerprint density at radius 3 is 2.58 bits per heavy atom. The minimum absolute atomic E-state index is 0.110. The number of Topliss-reactive ketones (excluding diaryl/α,β-unsaturated/α-hetero) is 1. The van der Waals surface area contributed by atoms with Crippen LogP contribution in [0.5, 0.6) is 0 Å². The van der Waals surface area contributed by atoms with Gasteiger partial charge in [0, 0.05) is 18.1 Å². The monoisotopic (exact) mass is 169 g/mol. The van der Waals surface area contributed by atoms with E-state index in [1.165, 1.54) is 0 Å². The van der Waals surface area contributed by atoms with Gasteiger partial charge in [0.2, 0.25) is 0 Å². The van der Waals surface area contributed by atoms with Crippen LogP contribution in [0.15, 0.2) is 11.6 Å².